The fraction of sp³-hybridized carbons (Fsp3) is 0.214. The maximum atomic E-state index is 12.3. The zero-order valence-electron chi connectivity index (χ0n) is 20.4. The zero-order valence-corrected chi connectivity index (χ0v) is 21.2. The van der Waals surface area contributed by atoms with Gasteiger partial charge in [0, 0.05) is 53.5 Å². The predicted octanol–water partition coefficient (Wildman–Crippen LogP) is 5.35. The summed E-state index contributed by atoms with van der Waals surface area (Å²) in [5, 5.41) is 7.15. The molecule has 5 rings (SSSR count). The van der Waals surface area contributed by atoms with Crippen molar-refractivity contribution in [2.45, 2.75) is 32.9 Å². The number of hydrogen-bond acceptors (Lipinski definition) is 4. The van der Waals surface area contributed by atoms with Gasteiger partial charge in [0.25, 0.3) is 0 Å². The first-order chi connectivity index (χ1) is 17.4. The number of benzene rings is 1. The zero-order chi connectivity index (χ0) is 25.2. The summed E-state index contributed by atoms with van der Waals surface area (Å²) >= 11 is 5.89. The Labute approximate surface area is 216 Å². The number of anilines is 2. The molecule has 0 bridgehead atoms. The molecule has 182 valence electrons. The summed E-state index contributed by atoms with van der Waals surface area (Å²) in [4.78, 5) is 23.2. The van der Waals surface area contributed by atoms with Gasteiger partial charge in [0.2, 0.25) is 5.91 Å². The molecular weight excluding hydrogens is 468 g/mol. The normalized spacial score (nSPS) is 17.3. The fourth-order valence-electron chi connectivity index (χ4n) is 4.52. The van der Waals surface area contributed by atoms with Crippen LogP contribution < -0.4 is 15.5 Å². The maximum absolute atomic E-state index is 12.3. The van der Waals surface area contributed by atoms with Crippen LogP contribution in [-0.4, -0.2) is 25.6 Å². The number of hydrogen-bond donors (Lipinski definition) is 2. The van der Waals surface area contributed by atoms with Gasteiger partial charge in [0.1, 0.15) is 6.04 Å². The van der Waals surface area contributed by atoms with Gasteiger partial charge in [0.15, 0.2) is 5.11 Å². The van der Waals surface area contributed by atoms with E-state index in [1.54, 1.807) is 18.6 Å². The number of nitrogens with one attached hydrogen (secondary N) is 2. The van der Waals surface area contributed by atoms with Gasteiger partial charge in [-0.15, -0.1) is 0 Å². The topological polar surface area (TPSA) is 75.1 Å². The monoisotopic (exact) mass is 496 g/mol. The molecule has 7 nitrogen and oxygen atoms in total. The highest BCUT2D eigenvalue weighted by atomic mass is 32.1. The lowest BCUT2D eigenvalue weighted by molar-refractivity contribution is -0.118. The molecule has 0 aliphatic carbocycles. The van der Waals surface area contributed by atoms with Gasteiger partial charge < -0.3 is 20.1 Å². The number of pyridine rings is 2. The molecule has 36 heavy (non-hydrogen) atoms. The molecule has 0 spiro atoms. The largest absolute Gasteiger partial charge is 0.351 e. The SMILES string of the molecule is Cc1cc(N2C(=S)N[C@H](c3ccccn3)[C@@H]2c2cccn2-c2ccncc2)ccc1NC(=O)C(C)C. The van der Waals surface area contributed by atoms with Gasteiger partial charge >= 0.3 is 0 Å². The number of nitrogens with zero attached hydrogens (tertiary/aromatic N) is 4. The van der Waals surface area contributed by atoms with E-state index in [4.69, 9.17) is 12.2 Å². The standard InChI is InChI=1S/C28H28N6OS/c1-18(2)27(35)31-22-10-9-21(17-19(22)3)34-26(25(32-28(34)36)23-7-4-5-13-30-23)24-8-6-16-33(24)20-11-14-29-15-12-20/h4-18,25-26H,1-3H3,(H,31,35)(H,32,36)/t25-,26+/m1/s1. The number of thiocarbonyl (C=S) groups is 1. The fourth-order valence-corrected chi connectivity index (χ4v) is 4.87. The first-order valence-corrected chi connectivity index (χ1v) is 12.3. The number of aromatic nitrogens is 3. The van der Waals surface area contributed by atoms with Crippen molar-refractivity contribution in [1.29, 1.82) is 0 Å². The van der Waals surface area contributed by atoms with E-state index in [1.165, 1.54) is 0 Å². The number of carbonyl (C=O) groups excluding carboxylic acids is 1. The van der Waals surface area contributed by atoms with Crippen molar-refractivity contribution in [2.75, 3.05) is 10.2 Å². The molecule has 4 heterocycles. The molecule has 2 N–H and O–H groups in total. The van der Waals surface area contributed by atoms with Crippen LogP contribution in [0.15, 0.2) is 85.5 Å². The minimum absolute atomic E-state index is 0.00696. The number of amides is 1. The second-order valence-electron chi connectivity index (χ2n) is 9.15. The van der Waals surface area contributed by atoms with Crippen LogP contribution in [0.1, 0.15) is 42.9 Å². The van der Waals surface area contributed by atoms with E-state index in [-0.39, 0.29) is 23.9 Å². The van der Waals surface area contributed by atoms with Gasteiger partial charge in [-0.2, -0.15) is 0 Å². The molecule has 1 aliphatic rings. The molecule has 0 unspecified atom stereocenters. The third kappa shape index (κ3) is 4.47. The molecule has 0 saturated carbocycles. The van der Waals surface area contributed by atoms with E-state index in [0.717, 1.165) is 34.0 Å². The Morgan fingerprint density at radius 1 is 1.03 bits per heavy atom. The lowest BCUT2D eigenvalue weighted by atomic mass is 10.00. The smallest absolute Gasteiger partial charge is 0.226 e. The number of aryl methyl sites for hydroxylation is 1. The lowest BCUT2D eigenvalue weighted by Gasteiger charge is -2.29. The molecule has 1 fully saturated rings. The van der Waals surface area contributed by atoms with E-state index >= 15 is 0 Å². The molecule has 4 aromatic rings. The van der Waals surface area contributed by atoms with Crippen LogP contribution in [0.4, 0.5) is 11.4 Å². The first-order valence-electron chi connectivity index (χ1n) is 11.9. The quantitative estimate of drug-likeness (QED) is 0.351. The summed E-state index contributed by atoms with van der Waals surface area (Å²) in [7, 11) is 0. The molecular formula is C28H28N6OS. The van der Waals surface area contributed by atoms with Crippen molar-refractivity contribution in [1.82, 2.24) is 19.9 Å². The van der Waals surface area contributed by atoms with E-state index in [2.05, 4.69) is 48.4 Å². The average Bonchev–Trinajstić information content (AvgIpc) is 3.50. The van der Waals surface area contributed by atoms with Crippen molar-refractivity contribution < 1.29 is 4.79 Å². The molecule has 8 heteroatoms. The van der Waals surface area contributed by atoms with Gasteiger partial charge in [0.05, 0.1) is 11.7 Å². The molecule has 1 saturated heterocycles. The van der Waals surface area contributed by atoms with E-state index in [9.17, 15) is 4.79 Å². The highest BCUT2D eigenvalue weighted by Crippen LogP contribution is 2.42. The van der Waals surface area contributed by atoms with Crippen molar-refractivity contribution in [2.24, 2.45) is 5.92 Å². The lowest BCUT2D eigenvalue weighted by Crippen LogP contribution is -2.30. The summed E-state index contributed by atoms with van der Waals surface area (Å²) in [5.74, 6) is -0.101. The van der Waals surface area contributed by atoms with E-state index < -0.39 is 0 Å². The second-order valence-corrected chi connectivity index (χ2v) is 9.53. The van der Waals surface area contributed by atoms with Crippen LogP contribution >= 0.6 is 12.2 Å². The molecule has 1 amide bonds. The Bertz CT molecular complexity index is 1390. The van der Waals surface area contributed by atoms with Crippen LogP contribution in [-0.2, 0) is 4.79 Å². The Kier molecular flexibility index (Phi) is 6.52. The maximum Gasteiger partial charge on any atom is 0.226 e. The summed E-state index contributed by atoms with van der Waals surface area (Å²) < 4.78 is 2.16. The minimum atomic E-state index is -0.161. The van der Waals surface area contributed by atoms with Crippen molar-refractivity contribution in [3.63, 3.8) is 0 Å². The van der Waals surface area contributed by atoms with E-state index in [0.29, 0.717) is 5.11 Å². The minimum Gasteiger partial charge on any atom is -0.351 e. The summed E-state index contributed by atoms with van der Waals surface area (Å²) in [6, 6.07) is 19.8. The Hall–Kier alpha value is -4.04. The third-order valence-corrected chi connectivity index (χ3v) is 6.71. The Balaban J connectivity index is 1.59. The molecule has 3 aromatic heterocycles. The predicted molar refractivity (Wildman–Crippen MR) is 146 cm³/mol. The Morgan fingerprint density at radius 2 is 1.83 bits per heavy atom. The van der Waals surface area contributed by atoms with Crippen LogP contribution in [0.2, 0.25) is 0 Å². The molecule has 1 aliphatic heterocycles. The van der Waals surface area contributed by atoms with Gasteiger partial charge in [-0.1, -0.05) is 19.9 Å². The van der Waals surface area contributed by atoms with Gasteiger partial charge in [-0.05, 0) is 79.3 Å². The van der Waals surface area contributed by atoms with E-state index in [1.807, 2.05) is 69.3 Å². The second kappa shape index (κ2) is 9.91. The Morgan fingerprint density at radius 3 is 2.53 bits per heavy atom. The van der Waals surface area contributed by atoms with Crippen molar-refractivity contribution in [3.05, 3.63) is 102 Å². The van der Waals surface area contributed by atoms with Crippen LogP contribution in [0.5, 0.6) is 0 Å². The van der Waals surface area contributed by atoms with Crippen molar-refractivity contribution in [3.8, 4) is 5.69 Å². The van der Waals surface area contributed by atoms with Gasteiger partial charge in [-0.3, -0.25) is 14.8 Å². The summed E-state index contributed by atoms with van der Waals surface area (Å²) in [5.41, 5.74) is 5.71. The third-order valence-electron chi connectivity index (χ3n) is 6.39. The number of rotatable bonds is 6. The van der Waals surface area contributed by atoms with Crippen LogP contribution in [0.25, 0.3) is 5.69 Å². The highest BCUT2D eigenvalue weighted by molar-refractivity contribution is 7.80. The van der Waals surface area contributed by atoms with Crippen molar-refractivity contribution >= 4 is 34.6 Å². The molecule has 0 radical (unpaired) electrons. The summed E-state index contributed by atoms with van der Waals surface area (Å²) in [6.45, 7) is 5.76. The summed E-state index contributed by atoms with van der Waals surface area (Å²) in [6.07, 6.45) is 7.43. The van der Waals surface area contributed by atoms with Crippen LogP contribution in [0.3, 0.4) is 0 Å². The highest BCUT2D eigenvalue weighted by Gasteiger charge is 2.42. The molecule has 2 atom stereocenters. The van der Waals surface area contributed by atoms with Gasteiger partial charge in [-0.25, -0.2) is 0 Å². The average molecular weight is 497 g/mol. The first kappa shape index (κ1) is 23.7. The van der Waals surface area contributed by atoms with Crippen LogP contribution in [0, 0.1) is 12.8 Å². The molecule has 1 aromatic carbocycles. The number of carbonyl (C=O) groups is 1.